The third-order valence-electron chi connectivity index (χ3n) is 5.36. The minimum Gasteiger partial charge on any atom is -0.482 e. The molecule has 0 saturated carbocycles. The molecule has 0 saturated heterocycles. The van der Waals surface area contributed by atoms with E-state index in [4.69, 9.17) is 4.74 Å². The van der Waals surface area contributed by atoms with E-state index in [2.05, 4.69) is 10.4 Å². The van der Waals surface area contributed by atoms with Crippen molar-refractivity contribution in [3.8, 4) is 11.4 Å². The average molecular weight is 449 g/mol. The zero-order valence-electron chi connectivity index (χ0n) is 18.1. The van der Waals surface area contributed by atoms with Crippen molar-refractivity contribution in [1.82, 2.24) is 15.1 Å². The van der Waals surface area contributed by atoms with Gasteiger partial charge in [0.2, 0.25) is 5.91 Å². The van der Waals surface area contributed by atoms with Gasteiger partial charge in [0, 0.05) is 24.9 Å². The highest BCUT2D eigenvalue weighted by molar-refractivity contribution is 6.02. The van der Waals surface area contributed by atoms with Crippen LogP contribution in [0, 0.1) is 17.0 Å². The second kappa shape index (κ2) is 9.51. The highest BCUT2D eigenvalue weighted by Crippen LogP contribution is 2.35. The van der Waals surface area contributed by atoms with Crippen LogP contribution in [0.2, 0.25) is 0 Å². The summed E-state index contributed by atoms with van der Waals surface area (Å²) >= 11 is 0. The standard InChI is InChI=1S/C23H23N5O5/c1-16-17(13-27(25-16)18-7-3-2-4-8-18)6-5-11-24-22(29)14-26-20-12-19(28(31)32)9-10-21(20)33-15-23(26)30/h2-4,7-10,12-13H,5-6,11,14-15H2,1H3,(H,24,29). The molecule has 1 aliphatic rings. The fourth-order valence-corrected chi connectivity index (χ4v) is 3.64. The molecular weight excluding hydrogens is 426 g/mol. The second-order valence-electron chi connectivity index (χ2n) is 7.65. The van der Waals surface area contributed by atoms with Crippen LogP contribution in [0.4, 0.5) is 11.4 Å². The van der Waals surface area contributed by atoms with E-state index in [0.29, 0.717) is 18.7 Å². The first-order chi connectivity index (χ1) is 15.9. The smallest absolute Gasteiger partial charge is 0.271 e. The minimum atomic E-state index is -0.556. The lowest BCUT2D eigenvalue weighted by Crippen LogP contribution is -2.45. The molecule has 0 spiro atoms. The lowest BCUT2D eigenvalue weighted by Gasteiger charge is -2.28. The Morgan fingerprint density at radius 2 is 2.03 bits per heavy atom. The van der Waals surface area contributed by atoms with Crippen LogP contribution in [0.15, 0.2) is 54.7 Å². The largest absolute Gasteiger partial charge is 0.482 e. The summed E-state index contributed by atoms with van der Waals surface area (Å²) in [6.45, 7) is 1.92. The molecule has 0 radical (unpaired) electrons. The number of ether oxygens (including phenoxy) is 1. The molecule has 0 bridgehead atoms. The number of nitro benzene ring substituents is 1. The Kier molecular flexibility index (Phi) is 6.34. The summed E-state index contributed by atoms with van der Waals surface area (Å²) < 4.78 is 7.16. The first-order valence-electron chi connectivity index (χ1n) is 10.5. The van der Waals surface area contributed by atoms with Crippen LogP contribution in [0.25, 0.3) is 5.69 Å². The van der Waals surface area contributed by atoms with E-state index >= 15 is 0 Å². The Bertz CT molecular complexity index is 1190. The summed E-state index contributed by atoms with van der Waals surface area (Å²) in [6.07, 6.45) is 3.43. The van der Waals surface area contributed by atoms with Crippen LogP contribution < -0.4 is 15.0 Å². The van der Waals surface area contributed by atoms with Crippen molar-refractivity contribution >= 4 is 23.2 Å². The van der Waals surface area contributed by atoms with Crippen LogP contribution in [-0.2, 0) is 16.0 Å². The van der Waals surface area contributed by atoms with Crippen molar-refractivity contribution in [2.24, 2.45) is 0 Å². The van der Waals surface area contributed by atoms with E-state index < -0.39 is 10.8 Å². The van der Waals surface area contributed by atoms with Gasteiger partial charge in [-0.2, -0.15) is 5.10 Å². The van der Waals surface area contributed by atoms with Gasteiger partial charge in [-0.15, -0.1) is 0 Å². The van der Waals surface area contributed by atoms with Crippen molar-refractivity contribution in [1.29, 1.82) is 0 Å². The van der Waals surface area contributed by atoms with Crippen LogP contribution >= 0.6 is 0 Å². The molecule has 0 aliphatic carbocycles. The number of aryl methyl sites for hydroxylation is 2. The lowest BCUT2D eigenvalue weighted by molar-refractivity contribution is -0.384. The van der Waals surface area contributed by atoms with Gasteiger partial charge in [0.15, 0.2) is 6.61 Å². The Morgan fingerprint density at radius 1 is 1.24 bits per heavy atom. The molecule has 10 nitrogen and oxygen atoms in total. The maximum absolute atomic E-state index is 12.5. The third-order valence-corrected chi connectivity index (χ3v) is 5.36. The van der Waals surface area contributed by atoms with Gasteiger partial charge < -0.3 is 10.1 Å². The molecule has 1 aliphatic heterocycles. The Balaban J connectivity index is 1.32. The summed E-state index contributed by atoms with van der Waals surface area (Å²) in [5, 5.41) is 18.4. The van der Waals surface area contributed by atoms with Gasteiger partial charge in [-0.3, -0.25) is 24.6 Å². The molecule has 0 fully saturated rings. The maximum atomic E-state index is 12.5. The van der Waals surface area contributed by atoms with Gasteiger partial charge in [0.05, 0.1) is 22.0 Å². The van der Waals surface area contributed by atoms with Gasteiger partial charge >= 0.3 is 0 Å². The number of rotatable bonds is 8. The maximum Gasteiger partial charge on any atom is 0.271 e. The molecule has 10 heteroatoms. The Hall–Kier alpha value is -4.21. The summed E-state index contributed by atoms with van der Waals surface area (Å²) in [5.41, 5.74) is 3.05. The van der Waals surface area contributed by atoms with E-state index in [9.17, 15) is 19.7 Å². The average Bonchev–Trinajstić information content (AvgIpc) is 3.19. The van der Waals surface area contributed by atoms with E-state index in [1.807, 2.05) is 48.1 Å². The van der Waals surface area contributed by atoms with Crippen molar-refractivity contribution < 1.29 is 19.2 Å². The molecule has 2 amide bonds. The summed E-state index contributed by atoms with van der Waals surface area (Å²) in [7, 11) is 0. The molecule has 0 unspecified atom stereocenters. The predicted octanol–water partition coefficient (Wildman–Crippen LogP) is 2.56. The van der Waals surface area contributed by atoms with Crippen molar-refractivity contribution in [2.75, 3.05) is 24.6 Å². The summed E-state index contributed by atoms with van der Waals surface area (Å²) in [6, 6.07) is 13.8. The molecule has 170 valence electrons. The van der Waals surface area contributed by atoms with Gasteiger partial charge in [-0.25, -0.2) is 4.68 Å². The zero-order chi connectivity index (χ0) is 23.4. The third kappa shape index (κ3) is 5.00. The van der Waals surface area contributed by atoms with Crippen LogP contribution in [0.5, 0.6) is 5.75 Å². The van der Waals surface area contributed by atoms with Crippen LogP contribution in [0.1, 0.15) is 17.7 Å². The predicted molar refractivity (Wildman–Crippen MR) is 121 cm³/mol. The molecule has 0 atom stereocenters. The number of nitro groups is 1. The molecular formula is C23H23N5O5. The number of para-hydroxylation sites is 1. The number of benzene rings is 2. The van der Waals surface area contributed by atoms with Crippen LogP contribution in [0.3, 0.4) is 0 Å². The van der Waals surface area contributed by atoms with Crippen molar-refractivity contribution in [2.45, 2.75) is 19.8 Å². The van der Waals surface area contributed by atoms with Gasteiger partial charge in [-0.05, 0) is 43.5 Å². The van der Waals surface area contributed by atoms with Gasteiger partial charge in [0.1, 0.15) is 12.3 Å². The fraction of sp³-hybridized carbons (Fsp3) is 0.261. The first kappa shape index (κ1) is 22.0. The summed E-state index contributed by atoms with van der Waals surface area (Å²) in [4.78, 5) is 36.5. The molecule has 2 aromatic carbocycles. The van der Waals surface area contributed by atoms with E-state index in [1.165, 1.54) is 23.1 Å². The van der Waals surface area contributed by atoms with Gasteiger partial charge in [-0.1, -0.05) is 18.2 Å². The van der Waals surface area contributed by atoms with Crippen LogP contribution in [-0.4, -0.2) is 46.2 Å². The number of aromatic nitrogens is 2. The number of nitrogens with one attached hydrogen (secondary N) is 1. The minimum absolute atomic E-state index is 0.177. The summed E-state index contributed by atoms with van der Waals surface area (Å²) in [5.74, 6) is -0.444. The monoisotopic (exact) mass is 449 g/mol. The second-order valence-corrected chi connectivity index (χ2v) is 7.65. The number of anilines is 1. The molecule has 1 N–H and O–H groups in total. The zero-order valence-corrected chi connectivity index (χ0v) is 18.1. The first-order valence-corrected chi connectivity index (χ1v) is 10.5. The topological polar surface area (TPSA) is 120 Å². The fourth-order valence-electron chi connectivity index (χ4n) is 3.64. The normalized spacial score (nSPS) is 12.8. The molecule has 33 heavy (non-hydrogen) atoms. The highest BCUT2D eigenvalue weighted by atomic mass is 16.6. The number of hydrogen-bond acceptors (Lipinski definition) is 6. The molecule has 4 rings (SSSR count). The van der Waals surface area contributed by atoms with E-state index in [-0.39, 0.29) is 30.4 Å². The number of carbonyl (C=O) groups excluding carboxylic acids is 2. The van der Waals surface area contributed by atoms with Crippen molar-refractivity contribution in [3.63, 3.8) is 0 Å². The number of non-ortho nitro benzene ring substituents is 1. The van der Waals surface area contributed by atoms with E-state index in [0.717, 1.165) is 23.4 Å². The van der Waals surface area contributed by atoms with Crippen molar-refractivity contribution in [3.05, 3.63) is 76.1 Å². The lowest BCUT2D eigenvalue weighted by atomic mass is 10.1. The quantitative estimate of drug-likeness (QED) is 0.321. The molecule has 2 heterocycles. The van der Waals surface area contributed by atoms with Gasteiger partial charge in [0.25, 0.3) is 11.6 Å². The number of hydrogen-bond donors (Lipinski definition) is 1. The van der Waals surface area contributed by atoms with E-state index in [1.54, 1.807) is 0 Å². The SMILES string of the molecule is Cc1nn(-c2ccccc2)cc1CCCNC(=O)CN1C(=O)COc2ccc([N+](=O)[O-])cc21. The number of nitrogens with zero attached hydrogens (tertiary/aromatic N) is 4. The highest BCUT2D eigenvalue weighted by Gasteiger charge is 2.29. The molecule has 3 aromatic rings. The number of amides is 2. The number of fused-ring (bicyclic) bond motifs is 1. The molecule has 1 aromatic heterocycles. The Morgan fingerprint density at radius 3 is 2.79 bits per heavy atom. The Labute approximate surface area is 189 Å². The number of carbonyl (C=O) groups is 2.